The zero-order chi connectivity index (χ0) is 18.4. The van der Waals surface area contributed by atoms with E-state index in [-0.39, 0.29) is 12.5 Å². The molecule has 0 aliphatic carbocycles. The number of pyridine rings is 1. The number of anilines is 2. The van der Waals surface area contributed by atoms with Crippen molar-refractivity contribution in [1.29, 1.82) is 0 Å². The topological polar surface area (TPSA) is 100 Å². The maximum atomic E-state index is 10.8. The van der Waals surface area contributed by atoms with E-state index in [4.69, 9.17) is 16.7 Å². The summed E-state index contributed by atoms with van der Waals surface area (Å²) in [4.78, 5) is 23.5. The van der Waals surface area contributed by atoms with Crippen LogP contribution in [0.25, 0.3) is 11.3 Å². The third-order valence-electron chi connectivity index (χ3n) is 3.46. The number of aliphatic carboxylic acids is 1. The van der Waals surface area contributed by atoms with Gasteiger partial charge in [-0.1, -0.05) is 23.7 Å². The first-order valence-corrected chi connectivity index (χ1v) is 8.21. The Balaban J connectivity index is 1.85. The van der Waals surface area contributed by atoms with E-state index in [1.165, 1.54) is 0 Å². The molecule has 0 saturated heterocycles. The van der Waals surface area contributed by atoms with E-state index in [1.54, 1.807) is 18.5 Å². The third kappa shape index (κ3) is 4.90. The molecule has 0 atom stereocenters. The first-order valence-electron chi connectivity index (χ1n) is 7.83. The number of carbonyl (C=O) groups is 1. The van der Waals surface area contributed by atoms with Crippen LogP contribution >= 0.6 is 11.6 Å². The molecule has 0 aliphatic heterocycles. The lowest BCUT2D eigenvalue weighted by Gasteiger charge is -2.11. The van der Waals surface area contributed by atoms with Crippen molar-refractivity contribution < 1.29 is 9.90 Å². The molecule has 0 bridgehead atoms. The lowest BCUT2D eigenvalue weighted by Crippen LogP contribution is -2.15. The number of benzene rings is 1. The molecule has 0 radical (unpaired) electrons. The number of carboxylic acids is 1. The Morgan fingerprint density at radius 3 is 2.62 bits per heavy atom. The van der Waals surface area contributed by atoms with Gasteiger partial charge in [0.2, 0.25) is 5.95 Å². The van der Waals surface area contributed by atoms with Gasteiger partial charge in [-0.25, -0.2) is 4.98 Å². The van der Waals surface area contributed by atoms with Crippen molar-refractivity contribution in [3.05, 3.63) is 65.4 Å². The van der Waals surface area contributed by atoms with E-state index in [9.17, 15) is 4.79 Å². The van der Waals surface area contributed by atoms with Crippen molar-refractivity contribution in [3.8, 4) is 11.3 Å². The molecule has 0 aliphatic rings. The van der Waals surface area contributed by atoms with Gasteiger partial charge in [0.1, 0.15) is 12.4 Å². The van der Waals surface area contributed by atoms with Crippen molar-refractivity contribution in [2.75, 3.05) is 17.2 Å². The number of nitrogens with one attached hydrogen (secondary N) is 2. The number of hydrogen-bond acceptors (Lipinski definition) is 6. The normalized spacial score (nSPS) is 10.3. The number of carboxylic acid groups (broad SMARTS) is 1. The van der Waals surface area contributed by atoms with Crippen molar-refractivity contribution in [1.82, 2.24) is 15.0 Å². The third-order valence-corrected chi connectivity index (χ3v) is 3.70. The summed E-state index contributed by atoms with van der Waals surface area (Å²) >= 11 is 6.00. The van der Waals surface area contributed by atoms with Crippen LogP contribution in [0.3, 0.4) is 0 Å². The van der Waals surface area contributed by atoms with Gasteiger partial charge >= 0.3 is 5.97 Å². The second kappa shape index (κ2) is 8.26. The van der Waals surface area contributed by atoms with Crippen LogP contribution in [0, 0.1) is 0 Å². The predicted octanol–water partition coefficient (Wildman–Crippen LogP) is 3.30. The molecule has 0 unspecified atom stereocenters. The van der Waals surface area contributed by atoms with Gasteiger partial charge < -0.3 is 15.7 Å². The fourth-order valence-electron chi connectivity index (χ4n) is 2.28. The Labute approximate surface area is 155 Å². The molecule has 26 heavy (non-hydrogen) atoms. The smallest absolute Gasteiger partial charge is 0.322 e. The van der Waals surface area contributed by atoms with E-state index in [0.29, 0.717) is 23.1 Å². The molecular weight excluding hydrogens is 354 g/mol. The van der Waals surface area contributed by atoms with Gasteiger partial charge in [-0.05, 0) is 29.8 Å². The highest BCUT2D eigenvalue weighted by atomic mass is 35.5. The van der Waals surface area contributed by atoms with Crippen LogP contribution in [0.2, 0.25) is 5.02 Å². The van der Waals surface area contributed by atoms with Crippen molar-refractivity contribution in [2.45, 2.75) is 6.54 Å². The molecule has 1 aromatic carbocycles. The molecule has 0 amide bonds. The lowest BCUT2D eigenvalue weighted by molar-refractivity contribution is -0.134. The Morgan fingerprint density at radius 2 is 1.88 bits per heavy atom. The van der Waals surface area contributed by atoms with Crippen LogP contribution in [0.4, 0.5) is 11.8 Å². The molecular formula is C18H16ClN5O2. The average molecular weight is 370 g/mol. The van der Waals surface area contributed by atoms with E-state index in [0.717, 1.165) is 11.1 Å². The van der Waals surface area contributed by atoms with Crippen LogP contribution in [0.15, 0.2) is 54.9 Å². The summed E-state index contributed by atoms with van der Waals surface area (Å²) in [5.74, 6) is -0.189. The SMILES string of the molecule is O=C(O)CNc1nc(NCc2cccc(Cl)c2)cc(-c2ccncc2)n1. The van der Waals surface area contributed by atoms with E-state index in [2.05, 4.69) is 25.6 Å². The van der Waals surface area contributed by atoms with Gasteiger partial charge in [-0.15, -0.1) is 0 Å². The molecule has 8 heteroatoms. The van der Waals surface area contributed by atoms with Gasteiger partial charge in [0.15, 0.2) is 0 Å². The fourth-order valence-corrected chi connectivity index (χ4v) is 2.49. The van der Waals surface area contributed by atoms with Gasteiger partial charge in [0, 0.05) is 35.6 Å². The molecule has 0 fully saturated rings. The summed E-state index contributed by atoms with van der Waals surface area (Å²) in [6, 6.07) is 12.9. The standard InChI is InChI=1S/C18H16ClN5O2/c19-14-3-1-2-12(8-14)10-21-16-9-15(13-4-6-20-7-5-13)23-18(24-16)22-11-17(25)26/h1-9H,10-11H2,(H,25,26)(H2,21,22,23,24). The van der Waals surface area contributed by atoms with Gasteiger partial charge in [-0.2, -0.15) is 4.98 Å². The maximum Gasteiger partial charge on any atom is 0.322 e. The number of nitrogens with zero attached hydrogens (tertiary/aromatic N) is 3. The quantitative estimate of drug-likeness (QED) is 0.587. The van der Waals surface area contributed by atoms with E-state index < -0.39 is 5.97 Å². The number of aromatic nitrogens is 3. The van der Waals surface area contributed by atoms with Crippen LogP contribution in [-0.4, -0.2) is 32.6 Å². The summed E-state index contributed by atoms with van der Waals surface area (Å²) in [6.07, 6.45) is 3.34. The maximum absolute atomic E-state index is 10.8. The zero-order valence-electron chi connectivity index (χ0n) is 13.7. The second-order valence-electron chi connectivity index (χ2n) is 5.43. The number of rotatable bonds is 7. The Hall–Kier alpha value is -3.19. The van der Waals surface area contributed by atoms with Crippen LogP contribution in [0.1, 0.15) is 5.56 Å². The Kier molecular flexibility index (Phi) is 5.60. The van der Waals surface area contributed by atoms with Crippen LogP contribution in [-0.2, 0) is 11.3 Å². The second-order valence-corrected chi connectivity index (χ2v) is 5.87. The monoisotopic (exact) mass is 369 g/mol. The van der Waals surface area contributed by atoms with E-state index in [1.807, 2.05) is 36.4 Å². The van der Waals surface area contributed by atoms with Gasteiger partial charge in [0.05, 0.1) is 5.69 Å². The minimum atomic E-state index is -0.989. The first kappa shape index (κ1) is 17.6. The van der Waals surface area contributed by atoms with E-state index >= 15 is 0 Å². The van der Waals surface area contributed by atoms with Crippen LogP contribution < -0.4 is 10.6 Å². The highest BCUT2D eigenvalue weighted by Crippen LogP contribution is 2.21. The Bertz CT molecular complexity index is 905. The summed E-state index contributed by atoms with van der Waals surface area (Å²) in [5, 5.41) is 15.4. The molecule has 0 saturated carbocycles. The highest BCUT2D eigenvalue weighted by molar-refractivity contribution is 6.30. The molecule has 3 rings (SSSR count). The molecule has 3 aromatic rings. The van der Waals surface area contributed by atoms with Crippen molar-refractivity contribution in [2.24, 2.45) is 0 Å². The zero-order valence-corrected chi connectivity index (χ0v) is 14.4. The highest BCUT2D eigenvalue weighted by Gasteiger charge is 2.08. The molecule has 2 aromatic heterocycles. The molecule has 3 N–H and O–H groups in total. The summed E-state index contributed by atoms with van der Waals surface area (Å²) in [6.45, 7) is 0.249. The van der Waals surface area contributed by atoms with Crippen molar-refractivity contribution >= 4 is 29.3 Å². The van der Waals surface area contributed by atoms with Crippen molar-refractivity contribution in [3.63, 3.8) is 0 Å². The molecule has 0 spiro atoms. The largest absolute Gasteiger partial charge is 0.480 e. The minimum absolute atomic E-state index is 0.232. The van der Waals surface area contributed by atoms with Crippen LogP contribution in [0.5, 0.6) is 0 Å². The molecule has 2 heterocycles. The lowest BCUT2D eigenvalue weighted by atomic mass is 10.2. The Morgan fingerprint density at radius 1 is 1.08 bits per heavy atom. The number of hydrogen-bond donors (Lipinski definition) is 3. The first-order chi connectivity index (χ1) is 12.6. The molecule has 132 valence electrons. The van der Waals surface area contributed by atoms with Gasteiger partial charge in [-0.3, -0.25) is 9.78 Å². The average Bonchev–Trinajstić information content (AvgIpc) is 2.65. The number of halogens is 1. The van der Waals surface area contributed by atoms with Gasteiger partial charge in [0.25, 0.3) is 0 Å². The summed E-state index contributed by atoms with van der Waals surface area (Å²) in [5.41, 5.74) is 2.51. The molecule has 7 nitrogen and oxygen atoms in total. The fraction of sp³-hybridized carbons (Fsp3) is 0.111. The predicted molar refractivity (Wildman–Crippen MR) is 100 cm³/mol. The summed E-state index contributed by atoms with van der Waals surface area (Å²) in [7, 11) is 0. The minimum Gasteiger partial charge on any atom is -0.480 e. The summed E-state index contributed by atoms with van der Waals surface area (Å²) < 4.78 is 0.